The van der Waals surface area contributed by atoms with Crippen LogP contribution in [0.3, 0.4) is 0 Å². The molecule has 0 radical (unpaired) electrons. The predicted octanol–water partition coefficient (Wildman–Crippen LogP) is 1.85. The van der Waals surface area contributed by atoms with Crippen LogP contribution in [0.25, 0.3) is 0 Å². The van der Waals surface area contributed by atoms with Crippen LogP contribution in [0.4, 0.5) is 5.95 Å². The zero-order valence-electron chi connectivity index (χ0n) is 9.18. The lowest BCUT2D eigenvalue weighted by Crippen LogP contribution is -2.04. The third kappa shape index (κ3) is 2.45. The van der Waals surface area contributed by atoms with Crippen molar-refractivity contribution in [2.75, 3.05) is 5.73 Å². The van der Waals surface area contributed by atoms with Crippen LogP contribution in [0.5, 0.6) is 0 Å². The summed E-state index contributed by atoms with van der Waals surface area (Å²) in [5.74, 6) is 0.239. The van der Waals surface area contributed by atoms with Gasteiger partial charge in [-0.05, 0) is 46.1 Å². The molecule has 86 valence electrons. The monoisotopic (exact) mass is 291 g/mol. The molecule has 2 rings (SSSR count). The average Bonchev–Trinajstić information content (AvgIpc) is 2.60. The maximum absolute atomic E-state index is 8.79. The second-order valence-corrected chi connectivity index (χ2v) is 4.36. The highest BCUT2D eigenvalue weighted by Gasteiger charge is 2.07. The van der Waals surface area contributed by atoms with Crippen molar-refractivity contribution >= 4 is 21.9 Å². The van der Waals surface area contributed by atoms with E-state index in [0.29, 0.717) is 16.8 Å². The first-order valence-electron chi connectivity index (χ1n) is 4.95. The number of hydrogen-bond acceptors (Lipinski definition) is 4. The van der Waals surface area contributed by atoms with E-state index in [0.717, 1.165) is 11.1 Å². The molecule has 2 N–H and O–H groups in total. The molecule has 0 fully saturated rings. The number of anilines is 1. The lowest BCUT2D eigenvalue weighted by molar-refractivity contribution is 0.667. The maximum atomic E-state index is 8.79. The van der Waals surface area contributed by atoms with Crippen molar-refractivity contribution in [3.8, 4) is 6.07 Å². The topological polar surface area (TPSA) is 80.5 Å². The van der Waals surface area contributed by atoms with Crippen LogP contribution < -0.4 is 5.73 Å². The molecule has 0 saturated heterocycles. The van der Waals surface area contributed by atoms with E-state index in [1.807, 2.05) is 19.1 Å². The summed E-state index contributed by atoms with van der Waals surface area (Å²) in [7, 11) is 0. The number of benzene rings is 1. The first kappa shape index (κ1) is 11.6. The van der Waals surface area contributed by atoms with Crippen LogP contribution in [0.2, 0.25) is 0 Å². The summed E-state index contributed by atoms with van der Waals surface area (Å²) in [6.45, 7) is 2.53. The van der Waals surface area contributed by atoms with Gasteiger partial charge in [-0.2, -0.15) is 10.2 Å². The molecule has 1 aromatic carbocycles. The van der Waals surface area contributed by atoms with Crippen molar-refractivity contribution in [2.45, 2.75) is 13.5 Å². The number of nitrogen functional groups attached to an aromatic ring is 1. The van der Waals surface area contributed by atoms with Gasteiger partial charge in [-0.15, -0.1) is 5.10 Å². The lowest BCUT2D eigenvalue weighted by Gasteiger charge is -2.06. The SMILES string of the molecule is Cc1cc(C#N)ccc1Cn1nc(N)nc1Br. The van der Waals surface area contributed by atoms with Crippen LogP contribution >= 0.6 is 15.9 Å². The largest absolute Gasteiger partial charge is 0.366 e. The van der Waals surface area contributed by atoms with Crippen LogP contribution in [0, 0.1) is 18.3 Å². The molecule has 0 amide bonds. The fraction of sp³-hybridized carbons (Fsp3) is 0.182. The van der Waals surface area contributed by atoms with Crippen LogP contribution in [0.1, 0.15) is 16.7 Å². The highest BCUT2D eigenvalue weighted by Crippen LogP contribution is 2.15. The van der Waals surface area contributed by atoms with Crippen molar-refractivity contribution < 1.29 is 0 Å². The van der Waals surface area contributed by atoms with Gasteiger partial charge in [-0.25, -0.2) is 4.68 Å². The normalized spacial score (nSPS) is 10.2. The van der Waals surface area contributed by atoms with E-state index in [2.05, 4.69) is 32.1 Å². The average molecular weight is 292 g/mol. The molecule has 0 aliphatic heterocycles. The van der Waals surface area contributed by atoms with Crippen molar-refractivity contribution in [3.05, 3.63) is 39.6 Å². The van der Waals surface area contributed by atoms with E-state index in [1.165, 1.54) is 0 Å². The predicted molar refractivity (Wildman–Crippen MR) is 67.1 cm³/mol. The standard InChI is InChI=1S/C11H10BrN5/c1-7-4-8(5-13)2-3-9(7)6-17-10(12)15-11(14)16-17/h2-4H,6H2,1H3,(H2,14,16). The van der Waals surface area contributed by atoms with Gasteiger partial charge >= 0.3 is 0 Å². The number of nitriles is 1. The van der Waals surface area contributed by atoms with Gasteiger partial charge < -0.3 is 5.73 Å². The molecule has 0 bridgehead atoms. The Kier molecular flexibility index (Phi) is 3.11. The second kappa shape index (κ2) is 4.55. The summed E-state index contributed by atoms with van der Waals surface area (Å²) in [4.78, 5) is 3.96. The molecular weight excluding hydrogens is 282 g/mol. The first-order chi connectivity index (χ1) is 8.10. The summed E-state index contributed by atoms with van der Waals surface area (Å²) < 4.78 is 2.27. The highest BCUT2D eigenvalue weighted by atomic mass is 79.9. The van der Waals surface area contributed by atoms with Gasteiger partial charge in [-0.1, -0.05) is 6.07 Å². The van der Waals surface area contributed by atoms with E-state index >= 15 is 0 Å². The van der Waals surface area contributed by atoms with E-state index in [4.69, 9.17) is 11.0 Å². The smallest absolute Gasteiger partial charge is 0.240 e. The minimum Gasteiger partial charge on any atom is -0.366 e. The van der Waals surface area contributed by atoms with Gasteiger partial charge in [0.1, 0.15) is 0 Å². The Bertz CT molecular complexity index is 596. The third-order valence-electron chi connectivity index (χ3n) is 2.43. The number of rotatable bonds is 2. The van der Waals surface area contributed by atoms with E-state index in [1.54, 1.807) is 10.7 Å². The molecule has 0 aliphatic rings. The first-order valence-corrected chi connectivity index (χ1v) is 5.75. The molecule has 2 aromatic rings. The highest BCUT2D eigenvalue weighted by molar-refractivity contribution is 9.10. The number of aryl methyl sites for hydroxylation is 1. The molecule has 0 aliphatic carbocycles. The van der Waals surface area contributed by atoms with Gasteiger partial charge in [0.15, 0.2) is 4.73 Å². The Morgan fingerprint density at radius 2 is 2.29 bits per heavy atom. The van der Waals surface area contributed by atoms with Crippen LogP contribution in [-0.2, 0) is 6.54 Å². The molecule has 1 aromatic heterocycles. The summed E-state index contributed by atoms with van der Waals surface area (Å²) in [5, 5.41) is 12.8. The van der Waals surface area contributed by atoms with Gasteiger partial charge in [-0.3, -0.25) is 0 Å². The van der Waals surface area contributed by atoms with E-state index < -0.39 is 0 Å². The molecule has 0 unspecified atom stereocenters. The van der Waals surface area contributed by atoms with Gasteiger partial charge in [0.05, 0.1) is 18.2 Å². The minimum atomic E-state index is 0.239. The van der Waals surface area contributed by atoms with E-state index in [-0.39, 0.29) is 5.95 Å². The fourth-order valence-electron chi connectivity index (χ4n) is 1.54. The van der Waals surface area contributed by atoms with Crippen molar-refractivity contribution in [1.29, 1.82) is 5.26 Å². The number of hydrogen-bond donors (Lipinski definition) is 1. The van der Waals surface area contributed by atoms with Crippen LogP contribution in [0.15, 0.2) is 22.9 Å². The molecule has 17 heavy (non-hydrogen) atoms. The molecule has 0 saturated carbocycles. The van der Waals surface area contributed by atoms with Crippen molar-refractivity contribution in [2.24, 2.45) is 0 Å². The fourth-order valence-corrected chi connectivity index (χ4v) is 1.93. The molecular formula is C11H10BrN5. The van der Waals surface area contributed by atoms with Crippen molar-refractivity contribution in [3.63, 3.8) is 0 Å². The molecule has 5 nitrogen and oxygen atoms in total. The molecule has 6 heteroatoms. The Morgan fingerprint density at radius 1 is 1.53 bits per heavy atom. The Labute approximate surface area is 107 Å². The summed E-state index contributed by atoms with van der Waals surface area (Å²) in [5.41, 5.74) is 8.28. The maximum Gasteiger partial charge on any atom is 0.240 e. The number of nitrogens with zero attached hydrogens (tertiary/aromatic N) is 4. The second-order valence-electron chi connectivity index (χ2n) is 3.65. The Balaban J connectivity index is 2.31. The van der Waals surface area contributed by atoms with Gasteiger partial charge in [0.2, 0.25) is 5.95 Å². The zero-order valence-corrected chi connectivity index (χ0v) is 10.8. The third-order valence-corrected chi connectivity index (χ3v) is 3.02. The Hall–Kier alpha value is -1.87. The molecule has 1 heterocycles. The number of halogens is 1. The number of aromatic nitrogens is 3. The summed E-state index contributed by atoms with van der Waals surface area (Å²) >= 11 is 3.28. The Morgan fingerprint density at radius 3 is 2.82 bits per heavy atom. The molecule has 0 atom stereocenters. The van der Waals surface area contributed by atoms with E-state index in [9.17, 15) is 0 Å². The summed E-state index contributed by atoms with van der Waals surface area (Å²) in [6, 6.07) is 7.66. The quantitative estimate of drug-likeness (QED) is 0.916. The summed E-state index contributed by atoms with van der Waals surface area (Å²) in [6.07, 6.45) is 0. The minimum absolute atomic E-state index is 0.239. The number of nitrogens with two attached hydrogens (primary N) is 1. The van der Waals surface area contributed by atoms with Crippen LogP contribution in [-0.4, -0.2) is 14.8 Å². The molecule has 0 spiro atoms. The van der Waals surface area contributed by atoms with Gasteiger partial charge in [0, 0.05) is 0 Å². The van der Waals surface area contributed by atoms with Crippen molar-refractivity contribution in [1.82, 2.24) is 14.8 Å². The zero-order chi connectivity index (χ0) is 12.4. The lowest BCUT2D eigenvalue weighted by atomic mass is 10.1. The van der Waals surface area contributed by atoms with Gasteiger partial charge in [0.25, 0.3) is 0 Å².